The number of nitrogens with zero attached hydrogens (tertiary/aromatic N) is 2. The molecule has 0 bridgehead atoms. The van der Waals surface area contributed by atoms with Gasteiger partial charge in [0.25, 0.3) is 0 Å². The van der Waals surface area contributed by atoms with Gasteiger partial charge < -0.3 is 19.7 Å². The first kappa shape index (κ1) is 30.1. The average Bonchev–Trinajstić information content (AvgIpc) is 3.39. The van der Waals surface area contributed by atoms with Crippen molar-refractivity contribution in [2.24, 2.45) is 0 Å². The molecular weight excluding hydrogens is 586 g/mol. The van der Waals surface area contributed by atoms with Gasteiger partial charge in [0, 0.05) is 41.7 Å². The van der Waals surface area contributed by atoms with Crippen molar-refractivity contribution in [2.75, 3.05) is 28.2 Å². The molecule has 1 spiro atoms. The normalized spacial score (nSPS) is 15.6. The van der Waals surface area contributed by atoms with Gasteiger partial charge in [-0.2, -0.15) is 0 Å². The van der Waals surface area contributed by atoms with Crippen LogP contribution in [0.2, 0.25) is 0 Å². The lowest BCUT2D eigenvalue weighted by Gasteiger charge is -2.39. The van der Waals surface area contributed by atoms with Crippen LogP contribution in [0, 0.1) is 6.92 Å². The first-order valence-corrected chi connectivity index (χ1v) is 16.2. The summed E-state index contributed by atoms with van der Waals surface area (Å²) in [5.41, 5.74) is 6.34. The van der Waals surface area contributed by atoms with Gasteiger partial charge in [0.15, 0.2) is 5.60 Å². The zero-order valence-corrected chi connectivity index (χ0v) is 27.0. The molecule has 0 fully saturated rings. The number of para-hydroxylation sites is 2. The first-order valence-electron chi connectivity index (χ1n) is 16.2. The van der Waals surface area contributed by atoms with Crippen LogP contribution >= 0.6 is 0 Å². The second kappa shape index (κ2) is 12.0. The van der Waals surface area contributed by atoms with Crippen molar-refractivity contribution in [3.8, 4) is 11.5 Å². The molecule has 7 nitrogen and oxygen atoms in total. The van der Waals surface area contributed by atoms with Gasteiger partial charge in [0.2, 0.25) is 0 Å². The summed E-state index contributed by atoms with van der Waals surface area (Å²) >= 11 is 0. The summed E-state index contributed by atoms with van der Waals surface area (Å²) in [5, 5.41) is 3.08. The van der Waals surface area contributed by atoms with E-state index in [1.807, 2.05) is 110 Å². The number of hydrogen-bond acceptors (Lipinski definition) is 5. The van der Waals surface area contributed by atoms with E-state index >= 15 is 0 Å². The van der Waals surface area contributed by atoms with Crippen molar-refractivity contribution in [3.63, 3.8) is 0 Å². The Balaban J connectivity index is 1.50. The third-order valence-electron chi connectivity index (χ3n) is 9.31. The number of amides is 2. The summed E-state index contributed by atoms with van der Waals surface area (Å²) < 4.78 is 13.4. The molecule has 7 heteroatoms. The van der Waals surface area contributed by atoms with E-state index in [4.69, 9.17) is 9.47 Å². The molecule has 2 amide bonds. The molecule has 47 heavy (non-hydrogen) atoms. The number of anilines is 4. The summed E-state index contributed by atoms with van der Waals surface area (Å²) in [6, 6.07) is 34.3. The molecule has 1 atom stereocenters. The number of esters is 1. The summed E-state index contributed by atoms with van der Waals surface area (Å²) in [5.74, 6) is 0.906. The van der Waals surface area contributed by atoms with Gasteiger partial charge in [0.1, 0.15) is 11.5 Å². The molecule has 2 aliphatic heterocycles. The number of benzene rings is 5. The molecule has 236 valence electrons. The largest absolute Gasteiger partial charge is 0.456 e. The van der Waals surface area contributed by atoms with Gasteiger partial charge in [0.05, 0.1) is 22.5 Å². The molecule has 1 unspecified atom stereocenters. The third kappa shape index (κ3) is 4.81. The number of fused-ring (bicyclic) bond motifs is 6. The molecule has 2 aliphatic rings. The summed E-state index contributed by atoms with van der Waals surface area (Å²) in [6.07, 6.45) is 0.627. The SMILES string of the molecule is CCc1c(C)c(N(C(=O)Nc2ccccc2)c2ccccc2)cc2c1Oc1cc(N(CC)CC)ccc1C21OC(=O)c2ccccc21. The number of carbonyl (C=O) groups excluding carboxylic acids is 2. The van der Waals surface area contributed by atoms with E-state index in [0.29, 0.717) is 46.1 Å². The molecule has 0 aliphatic carbocycles. The van der Waals surface area contributed by atoms with E-state index in [-0.39, 0.29) is 6.03 Å². The second-order valence-electron chi connectivity index (χ2n) is 11.8. The Labute approximate surface area is 275 Å². The Morgan fingerprint density at radius 1 is 0.766 bits per heavy atom. The maximum absolute atomic E-state index is 14.2. The number of nitrogens with one attached hydrogen (secondary N) is 1. The number of rotatable bonds is 7. The van der Waals surface area contributed by atoms with Gasteiger partial charge in [-0.3, -0.25) is 4.90 Å². The lowest BCUT2D eigenvalue weighted by molar-refractivity contribution is 0.0224. The highest BCUT2D eigenvalue weighted by atomic mass is 16.6. The fraction of sp³-hybridized carbons (Fsp3) is 0.200. The predicted molar refractivity (Wildman–Crippen MR) is 186 cm³/mol. The molecule has 0 aromatic heterocycles. The number of carbonyl (C=O) groups is 2. The van der Waals surface area contributed by atoms with Crippen LogP contribution < -0.4 is 19.9 Å². The van der Waals surface area contributed by atoms with Crippen LogP contribution in [0.15, 0.2) is 109 Å². The van der Waals surface area contributed by atoms with E-state index in [9.17, 15) is 9.59 Å². The van der Waals surface area contributed by atoms with Crippen molar-refractivity contribution >= 4 is 34.7 Å². The van der Waals surface area contributed by atoms with Gasteiger partial charge in [-0.25, -0.2) is 9.59 Å². The minimum Gasteiger partial charge on any atom is -0.456 e. The highest BCUT2D eigenvalue weighted by Gasteiger charge is 2.54. The number of urea groups is 1. The minimum atomic E-state index is -1.27. The lowest BCUT2D eigenvalue weighted by atomic mass is 9.76. The summed E-state index contributed by atoms with van der Waals surface area (Å²) in [7, 11) is 0. The van der Waals surface area contributed by atoms with Crippen LogP contribution in [0.1, 0.15) is 58.9 Å². The standard InChI is InChI=1S/C40H37N3O4/c1-5-30-26(4)35(43(28-18-12-9-13-19-28)39(45)41-27-16-10-8-11-17-27)25-34-37(30)46-36-24-29(42(6-2)7-3)22-23-33(36)40(34)32-21-15-14-20-31(32)38(44)47-40/h8-25H,5-7H2,1-4H3,(H,41,45). The molecule has 5 aromatic carbocycles. The van der Waals surface area contributed by atoms with Crippen molar-refractivity contribution in [3.05, 3.63) is 143 Å². The minimum absolute atomic E-state index is 0.314. The Hall–Kier alpha value is -5.56. The second-order valence-corrected chi connectivity index (χ2v) is 11.8. The van der Waals surface area contributed by atoms with Crippen LogP contribution in [0.3, 0.4) is 0 Å². The molecule has 2 heterocycles. The van der Waals surface area contributed by atoms with Crippen molar-refractivity contribution in [1.29, 1.82) is 0 Å². The fourth-order valence-corrected chi connectivity index (χ4v) is 7.02. The van der Waals surface area contributed by atoms with Crippen LogP contribution in [0.5, 0.6) is 11.5 Å². The fourth-order valence-electron chi connectivity index (χ4n) is 7.02. The smallest absolute Gasteiger partial charge is 0.340 e. The zero-order valence-electron chi connectivity index (χ0n) is 27.0. The predicted octanol–water partition coefficient (Wildman–Crippen LogP) is 9.34. The van der Waals surface area contributed by atoms with Crippen molar-refractivity contribution in [1.82, 2.24) is 0 Å². The number of ether oxygens (including phenoxy) is 2. The number of hydrogen-bond donors (Lipinski definition) is 1. The van der Waals surface area contributed by atoms with E-state index < -0.39 is 11.6 Å². The molecule has 0 saturated heterocycles. The molecule has 7 rings (SSSR count). The van der Waals surface area contributed by atoms with Crippen LogP contribution in [0.4, 0.5) is 27.5 Å². The third-order valence-corrected chi connectivity index (χ3v) is 9.31. The highest BCUT2D eigenvalue weighted by Crippen LogP contribution is 2.59. The maximum Gasteiger partial charge on any atom is 0.340 e. The molecule has 5 aromatic rings. The van der Waals surface area contributed by atoms with Gasteiger partial charge >= 0.3 is 12.0 Å². The Morgan fingerprint density at radius 3 is 2.15 bits per heavy atom. The molecule has 0 radical (unpaired) electrons. The van der Waals surface area contributed by atoms with Crippen LogP contribution in [-0.4, -0.2) is 25.1 Å². The Morgan fingerprint density at radius 2 is 1.45 bits per heavy atom. The maximum atomic E-state index is 14.2. The quantitative estimate of drug-likeness (QED) is 0.183. The van der Waals surface area contributed by atoms with E-state index in [2.05, 4.69) is 37.1 Å². The van der Waals surface area contributed by atoms with Crippen LogP contribution in [-0.2, 0) is 16.8 Å². The lowest BCUT2D eigenvalue weighted by Crippen LogP contribution is -2.36. The van der Waals surface area contributed by atoms with E-state index in [1.54, 1.807) is 4.90 Å². The van der Waals surface area contributed by atoms with E-state index in [1.165, 1.54) is 0 Å². The summed E-state index contributed by atoms with van der Waals surface area (Å²) in [4.78, 5) is 31.9. The zero-order chi connectivity index (χ0) is 32.7. The van der Waals surface area contributed by atoms with Crippen LogP contribution in [0.25, 0.3) is 0 Å². The van der Waals surface area contributed by atoms with Gasteiger partial charge in [-0.1, -0.05) is 61.5 Å². The summed E-state index contributed by atoms with van der Waals surface area (Å²) in [6.45, 7) is 10.0. The monoisotopic (exact) mass is 623 g/mol. The van der Waals surface area contributed by atoms with Crippen molar-refractivity contribution in [2.45, 2.75) is 39.7 Å². The molecular formula is C40H37N3O4. The first-order chi connectivity index (χ1) is 22.9. The van der Waals surface area contributed by atoms with Crippen molar-refractivity contribution < 1.29 is 19.1 Å². The Kier molecular flexibility index (Phi) is 7.68. The van der Waals surface area contributed by atoms with Gasteiger partial charge in [-0.15, -0.1) is 0 Å². The Bertz CT molecular complexity index is 1990. The topological polar surface area (TPSA) is 71.1 Å². The highest BCUT2D eigenvalue weighted by molar-refractivity contribution is 6.08. The van der Waals surface area contributed by atoms with E-state index in [0.717, 1.165) is 41.0 Å². The molecule has 0 saturated carbocycles. The van der Waals surface area contributed by atoms with Gasteiger partial charge in [-0.05, 0) is 86.8 Å². The molecule has 1 N–H and O–H groups in total. The average molecular weight is 624 g/mol.